The van der Waals surface area contributed by atoms with E-state index in [1.54, 1.807) is 24.5 Å². The summed E-state index contributed by atoms with van der Waals surface area (Å²) in [4.78, 5) is 16.3. The quantitative estimate of drug-likeness (QED) is 0.648. The van der Waals surface area contributed by atoms with E-state index in [1.807, 2.05) is 54.6 Å². The predicted octanol–water partition coefficient (Wildman–Crippen LogP) is 3.63. The minimum absolute atomic E-state index is 0.133. The van der Waals surface area contributed by atoms with Crippen LogP contribution in [0.3, 0.4) is 0 Å². The van der Waals surface area contributed by atoms with Gasteiger partial charge in [-0.2, -0.15) is 0 Å². The number of amides is 1. The van der Waals surface area contributed by atoms with E-state index in [2.05, 4.69) is 15.6 Å². The van der Waals surface area contributed by atoms with Crippen LogP contribution in [0.1, 0.15) is 10.4 Å². The van der Waals surface area contributed by atoms with Crippen molar-refractivity contribution in [3.05, 3.63) is 84.7 Å². The van der Waals surface area contributed by atoms with Gasteiger partial charge in [0.2, 0.25) is 0 Å². The number of hydrogen-bond acceptors (Lipinski definition) is 4. The van der Waals surface area contributed by atoms with Crippen molar-refractivity contribution in [1.82, 2.24) is 10.3 Å². The van der Waals surface area contributed by atoms with Gasteiger partial charge in [0.25, 0.3) is 5.91 Å². The summed E-state index contributed by atoms with van der Waals surface area (Å²) in [6.45, 7) is 0.858. The molecule has 0 radical (unpaired) electrons. The molecule has 126 valence electrons. The second-order valence-corrected chi connectivity index (χ2v) is 5.36. The Morgan fingerprint density at radius 1 is 0.960 bits per heavy atom. The van der Waals surface area contributed by atoms with Crippen molar-refractivity contribution in [2.45, 2.75) is 0 Å². The van der Waals surface area contributed by atoms with Crippen LogP contribution in [0.4, 0.5) is 11.4 Å². The summed E-state index contributed by atoms with van der Waals surface area (Å²) in [5.41, 5.74) is 2.30. The Hall–Kier alpha value is -3.34. The van der Waals surface area contributed by atoms with Gasteiger partial charge in [-0.05, 0) is 42.5 Å². The Labute approximate surface area is 146 Å². The molecule has 0 saturated heterocycles. The maximum absolute atomic E-state index is 12.3. The van der Waals surface area contributed by atoms with Gasteiger partial charge in [-0.25, -0.2) is 0 Å². The lowest BCUT2D eigenvalue weighted by molar-refractivity contribution is 0.0947. The largest absolute Gasteiger partial charge is 0.492 e. The van der Waals surface area contributed by atoms with Crippen LogP contribution in [0, 0.1) is 0 Å². The maximum Gasteiger partial charge on any atom is 0.251 e. The second kappa shape index (κ2) is 8.49. The highest BCUT2D eigenvalue weighted by Crippen LogP contribution is 2.16. The average Bonchev–Trinajstić information content (AvgIpc) is 2.67. The van der Waals surface area contributed by atoms with Gasteiger partial charge in [0.05, 0.1) is 18.4 Å². The van der Waals surface area contributed by atoms with E-state index >= 15 is 0 Å². The topological polar surface area (TPSA) is 63.2 Å². The maximum atomic E-state index is 12.3. The van der Waals surface area contributed by atoms with E-state index < -0.39 is 0 Å². The predicted molar refractivity (Wildman–Crippen MR) is 98.2 cm³/mol. The highest BCUT2D eigenvalue weighted by atomic mass is 16.5. The highest BCUT2D eigenvalue weighted by molar-refractivity contribution is 5.95. The van der Waals surface area contributed by atoms with Crippen LogP contribution in [0.5, 0.6) is 5.75 Å². The van der Waals surface area contributed by atoms with Crippen LogP contribution in [0.15, 0.2) is 79.1 Å². The first-order valence-electron chi connectivity index (χ1n) is 8.04. The van der Waals surface area contributed by atoms with Gasteiger partial charge in [-0.1, -0.05) is 24.3 Å². The summed E-state index contributed by atoms with van der Waals surface area (Å²) in [6.07, 6.45) is 3.44. The van der Waals surface area contributed by atoms with E-state index in [1.165, 1.54) is 0 Å². The molecule has 0 fully saturated rings. The highest BCUT2D eigenvalue weighted by Gasteiger charge is 2.06. The fraction of sp³-hybridized carbons (Fsp3) is 0.100. The molecule has 5 nitrogen and oxygen atoms in total. The zero-order valence-electron chi connectivity index (χ0n) is 13.7. The van der Waals surface area contributed by atoms with Gasteiger partial charge in [-0.15, -0.1) is 0 Å². The Kier molecular flexibility index (Phi) is 5.61. The van der Waals surface area contributed by atoms with Crippen LogP contribution >= 0.6 is 0 Å². The number of pyridine rings is 1. The van der Waals surface area contributed by atoms with Gasteiger partial charge >= 0.3 is 0 Å². The van der Waals surface area contributed by atoms with Gasteiger partial charge in [0, 0.05) is 17.4 Å². The molecule has 1 aromatic heterocycles. The van der Waals surface area contributed by atoms with Crippen molar-refractivity contribution in [1.29, 1.82) is 0 Å². The molecule has 0 aliphatic carbocycles. The molecule has 1 heterocycles. The van der Waals surface area contributed by atoms with Crippen LogP contribution in [0.25, 0.3) is 0 Å². The molecular formula is C20H19N3O2. The van der Waals surface area contributed by atoms with Gasteiger partial charge in [0.15, 0.2) is 0 Å². The number of carbonyl (C=O) groups is 1. The van der Waals surface area contributed by atoms with Gasteiger partial charge in [-0.3, -0.25) is 9.78 Å². The number of carbonyl (C=O) groups excluding carboxylic acids is 1. The lowest BCUT2D eigenvalue weighted by Gasteiger charge is -2.09. The number of para-hydroxylation sites is 1. The summed E-state index contributed by atoms with van der Waals surface area (Å²) < 4.78 is 5.56. The Morgan fingerprint density at radius 3 is 2.60 bits per heavy atom. The van der Waals surface area contributed by atoms with Crippen molar-refractivity contribution in [2.75, 3.05) is 18.5 Å². The van der Waals surface area contributed by atoms with E-state index in [-0.39, 0.29) is 5.91 Å². The number of nitrogens with one attached hydrogen (secondary N) is 2. The first-order chi connectivity index (χ1) is 12.3. The van der Waals surface area contributed by atoms with Crippen molar-refractivity contribution >= 4 is 17.3 Å². The first kappa shape index (κ1) is 16.5. The molecule has 5 heteroatoms. The number of anilines is 2. The van der Waals surface area contributed by atoms with E-state index in [9.17, 15) is 4.79 Å². The minimum Gasteiger partial charge on any atom is -0.492 e. The normalized spacial score (nSPS) is 10.1. The second-order valence-electron chi connectivity index (χ2n) is 5.36. The molecule has 0 atom stereocenters. The third-order valence-corrected chi connectivity index (χ3v) is 3.47. The summed E-state index contributed by atoms with van der Waals surface area (Å²) in [6, 6.07) is 20.6. The molecule has 0 spiro atoms. The van der Waals surface area contributed by atoms with E-state index in [4.69, 9.17) is 4.74 Å². The lowest BCUT2D eigenvalue weighted by Crippen LogP contribution is -2.28. The van der Waals surface area contributed by atoms with Crippen LogP contribution in [0.2, 0.25) is 0 Å². The fourth-order valence-corrected chi connectivity index (χ4v) is 2.29. The van der Waals surface area contributed by atoms with Crippen molar-refractivity contribution in [3.8, 4) is 5.75 Å². The number of hydrogen-bond donors (Lipinski definition) is 2. The summed E-state index contributed by atoms with van der Waals surface area (Å²) in [7, 11) is 0. The molecule has 1 amide bonds. The SMILES string of the molecule is O=C(NCCOc1ccccc1)c1cccc(Nc2cccnc2)c1. The summed E-state index contributed by atoms with van der Waals surface area (Å²) in [5, 5.41) is 6.08. The number of nitrogens with zero attached hydrogens (tertiary/aromatic N) is 1. The molecule has 0 aliphatic rings. The van der Waals surface area contributed by atoms with E-state index in [0.29, 0.717) is 18.7 Å². The number of benzene rings is 2. The molecule has 25 heavy (non-hydrogen) atoms. The summed E-state index contributed by atoms with van der Waals surface area (Å²) in [5.74, 6) is 0.658. The molecule has 2 aromatic carbocycles. The molecule has 3 aromatic rings. The number of ether oxygens (including phenoxy) is 1. The third-order valence-electron chi connectivity index (χ3n) is 3.47. The molecule has 0 aliphatic heterocycles. The minimum atomic E-state index is -0.133. The molecular weight excluding hydrogens is 314 g/mol. The fourth-order valence-electron chi connectivity index (χ4n) is 2.29. The standard InChI is InChI=1S/C20H19N3O2/c24-20(22-12-13-25-19-9-2-1-3-10-19)16-6-4-7-17(14-16)23-18-8-5-11-21-15-18/h1-11,14-15,23H,12-13H2,(H,22,24). The van der Waals surface area contributed by atoms with Crippen molar-refractivity contribution < 1.29 is 9.53 Å². The monoisotopic (exact) mass is 333 g/mol. The van der Waals surface area contributed by atoms with Crippen LogP contribution in [-0.4, -0.2) is 24.0 Å². The third kappa shape index (κ3) is 5.07. The van der Waals surface area contributed by atoms with Gasteiger partial charge in [0.1, 0.15) is 12.4 Å². The van der Waals surface area contributed by atoms with E-state index in [0.717, 1.165) is 17.1 Å². The first-order valence-corrected chi connectivity index (χ1v) is 8.04. The zero-order valence-corrected chi connectivity index (χ0v) is 13.7. The Bertz CT molecular complexity index is 807. The molecule has 0 bridgehead atoms. The lowest BCUT2D eigenvalue weighted by atomic mass is 10.2. The molecule has 3 rings (SSSR count). The summed E-state index contributed by atoms with van der Waals surface area (Å²) >= 11 is 0. The number of rotatable bonds is 7. The molecule has 0 unspecified atom stereocenters. The van der Waals surface area contributed by atoms with Crippen molar-refractivity contribution in [3.63, 3.8) is 0 Å². The smallest absolute Gasteiger partial charge is 0.251 e. The van der Waals surface area contributed by atoms with Crippen LogP contribution in [-0.2, 0) is 0 Å². The average molecular weight is 333 g/mol. The van der Waals surface area contributed by atoms with Gasteiger partial charge < -0.3 is 15.4 Å². The zero-order chi connectivity index (χ0) is 17.3. The number of aromatic nitrogens is 1. The van der Waals surface area contributed by atoms with Crippen LogP contribution < -0.4 is 15.4 Å². The molecule has 0 saturated carbocycles. The molecule has 2 N–H and O–H groups in total. The Morgan fingerprint density at radius 2 is 1.80 bits per heavy atom. The Balaban J connectivity index is 1.51. The van der Waals surface area contributed by atoms with Crippen molar-refractivity contribution in [2.24, 2.45) is 0 Å².